The SMILES string of the molecule is Cc1ncc(Cl)c(C(=O)N2C[C@@H](CN3CCOCC3)[C@@H](CO)C2)n1. The topological polar surface area (TPSA) is 78.8 Å². The summed E-state index contributed by atoms with van der Waals surface area (Å²) in [7, 11) is 0. The second-order valence-electron chi connectivity index (χ2n) is 6.44. The van der Waals surface area contributed by atoms with Crippen LogP contribution in [-0.2, 0) is 4.74 Å². The van der Waals surface area contributed by atoms with Crippen molar-refractivity contribution in [3.8, 4) is 0 Å². The molecule has 2 atom stereocenters. The maximum Gasteiger partial charge on any atom is 0.274 e. The van der Waals surface area contributed by atoms with Gasteiger partial charge in [-0.05, 0) is 12.8 Å². The molecule has 0 saturated carbocycles. The van der Waals surface area contributed by atoms with E-state index in [0.717, 1.165) is 32.8 Å². The summed E-state index contributed by atoms with van der Waals surface area (Å²) in [5, 5.41) is 9.97. The normalized spacial score (nSPS) is 25.2. The molecule has 132 valence electrons. The Morgan fingerprint density at radius 3 is 2.79 bits per heavy atom. The molecule has 3 rings (SSSR count). The van der Waals surface area contributed by atoms with Crippen molar-refractivity contribution in [1.29, 1.82) is 0 Å². The number of hydrogen-bond donors (Lipinski definition) is 1. The minimum absolute atomic E-state index is 0.0787. The number of likely N-dealkylation sites (tertiary alicyclic amines) is 1. The molecular formula is C16H23ClN4O3. The van der Waals surface area contributed by atoms with Gasteiger partial charge in [0.05, 0.1) is 24.4 Å². The van der Waals surface area contributed by atoms with Crippen LogP contribution in [0.5, 0.6) is 0 Å². The summed E-state index contributed by atoms with van der Waals surface area (Å²) in [4.78, 5) is 25.0. The largest absolute Gasteiger partial charge is 0.396 e. The third-order valence-electron chi connectivity index (χ3n) is 4.76. The predicted octanol–water partition coefficient (Wildman–Crippen LogP) is 0.451. The van der Waals surface area contributed by atoms with Gasteiger partial charge in [0.25, 0.3) is 5.91 Å². The van der Waals surface area contributed by atoms with Gasteiger partial charge in [-0.2, -0.15) is 0 Å². The Morgan fingerprint density at radius 1 is 1.38 bits per heavy atom. The maximum atomic E-state index is 12.8. The quantitative estimate of drug-likeness (QED) is 0.846. The van der Waals surface area contributed by atoms with Crippen molar-refractivity contribution in [2.24, 2.45) is 11.8 Å². The number of ether oxygens (including phenoxy) is 1. The van der Waals surface area contributed by atoms with Gasteiger partial charge in [0, 0.05) is 45.2 Å². The highest BCUT2D eigenvalue weighted by Gasteiger charge is 2.37. The van der Waals surface area contributed by atoms with Gasteiger partial charge in [-0.15, -0.1) is 0 Å². The number of amides is 1. The van der Waals surface area contributed by atoms with E-state index in [0.29, 0.717) is 18.9 Å². The fourth-order valence-corrected chi connectivity index (χ4v) is 3.56. The molecule has 24 heavy (non-hydrogen) atoms. The van der Waals surface area contributed by atoms with Crippen molar-refractivity contribution >= 4 is 17.5 Å². The number of rotatable bonds is 4. The van der Waals surface area contributed by atoms with Gasteiger partial charge in [0.1, 0.15) is 5.82 Å². The first-order chi connectivity index (χ1) is 11.6. The molecule has 0 aliphatic carbocycles. The molecule has 0 unspecified atom stereocenters. The molecule has 2 aliphatic rings. The average Bonchev–Trinajstić information content (AvgIpc) is 3.00. The van der Waals surface area contributed by atoms with Gasteiger partial charge in [-0.1, -0.05) is 11.6 Å². The molecule has 7 nitrogen and oxygen atoms in total. The van der Waals surface area contributed by atoms with Gasteiger partial charge >= 0.3 is 0 Å². The maximum absolute atomic E-state index is 12.8. The summed E-state index contributed by atoms with van der Waals surface area (Å²) in [6.45, 7) is 7.12. The molecule has 1 aromatic heterocycles. The van der Waals surface area contributed by atoms with E-state index >= 15 is 0 Å². The molecule has 0 bridgehead atoms. The van der Waals surface area contributed by atoms with Crippen LogP contribution in [0.25, 0.3) is 0 Å². The van der Waals surface area contributed by atoms with Crippen molar-refractivity contribution in [2.75, 3.05) is 52.5 Å². The van der Waals surface area contributed by atoms with Crippen molar-refractivity contribution in [1.82, 2.24) is 19.8 Å². The van der Waals surface area contributed by atoms with Crippen LogP contribution in [0.4, 0.5) is 0 Å². The van der Waals surface area contributed by atoms with Crippen LogP contribution in [0, 0.1) is 18.8 Å². The Kier molecular flexibility index (Phi) is 5.65. The Morgan fingerprint density at radius 2 is 2.08 bits per heavy atom. The van der Waals surface area contributed by atoms with Crippen molar-refractivity contribution in [3.63, 3.8) is 0 Å². The lowest BCUT2D eigenvalue weighted by Crippen LogP contribution is -2.41. The Bertz CT molecular complexity index is 595. The lowest BCUT2D eigenvalue weighted by molar-refractivity contribution is 0.0264. The molecule has 1 aromatic rings. The zero-order valence-corrected chi connectivity index (χ0v) is 14.6. The summed E-state index contributed by atoms with van der Waals surface area (Å²) in [5.41, 5.74) is 0.243. The zero-order valence-electron chi connectivity index (χ0n) is 13.8. The van der Waals surface area contributed by atoms with E-state index in [1.807, 2.05) is 0 Å². The second-order valence-corrected chi connectivity index (χ2v) is 6.85. The number of aryl methyl sites for hydroxylation is 1. The zero-order chi connectivity index (χ0) is 17.1. The lowest BCUT2D eigenvalue weighted by atomic mass is 9.96. The molecular weight excluding hydrogens is 332 g/mol. The molecule has 2 aliphatic heterocycles. The van der Waals surface area contributed by atoms with Crippen LogP contribution in [0.2, 0.25) is 5.02 Å². The number of morpholine rings is 1. The Balaban J connectivity index is 1.68. The van der Waals surface area contributed by atoms with Crippen LogP contribution in [0.3, 0.4) is 0 Å². The standard InChI is InChI=1S/C16H23ClN4O3/c1-11-18-6-14(17)15(19-11)16(23)21-8-12(13(9-21)10-22)7-20-2-4-24-5-3-20/h6,12-13,22H,2-5,7-10H2,1H3/t12-,13-/m1/s1. The van der Waals surface area contributed by atoms with E-state index in [1.54, 1.807) is 11.8 Å². The Hall–Kier alpha value is -1.28. The number of nitrogens with zero attached hydrogens (tertiary/aromatic N) is 4. The minimum Gasteiger partial charge on any atom is -0.396 e. The number of hydrogen-bond acceptors (Lipinski definition) is 6. The van der Waals surface area contributed by atoms with Crippen LogP contribution in [0.15, 0.2) is 6.20 Å². The van der Waals surface area contributed by atoms with Crippen molar-refractivity contribution < 1.29 is 14.6 Å². The van der Waals surface area contributed by atoms with Crippen LogP contribution in [0.1, 0.15) is 16.3 Å². The smallest absolute Gasteiger partial charge is 0.274 e. The van der Waals surface area contributed by atoms with E-state index in [-0.39, 0.29) is 35.1 Å². The molecule has 0 aromatic carbocycles. The highest BCUT2D eigenvalue weighted by Crippen LogP contribution is 2.27. The molecule has 0 spiro atoms. The number of carbonyl (C=O) groups is 1. The summed E-state index contributed by atoms with van der Waals surface area (Å²) < 4.78 is 5.37. The average molecular weight is 355 g/mol. The predicted molar refractivity (Wildman–Crippen MR) is 89.0 cm³/mol. The second kappa shape index (κ2) is 7.74. The molecule has 2 fully saturated rings. The first-order valence-electron chi connectivity index (χ1n) is 8.28. The van der Waals surface area contributed by atoms with Gasteiger partial charge in [-0.25, -0.2) is 9.97 Å². The fraction of sp³-hybridized carbons (Fsp3) is 0.688. The van der Waals surface area contributed by atoms with Crippen LogP contribution in [-0.4, -0.2) is 83.3 Å². The van der Waals surface area contributed by atoms with Gasteiger partial charge in [0.15, 0.2) is 5.69 Å². The van der Waals surface area contributed by atoms with Crippen molar-refractivity contribution in [3.05, 3.63) is 22.7 Å². The monoisotopic (exact) mass is 354 g/mol. The number of aliphatic hydroxyl groups is 1. The molecule has 8 heteroatoms. The number of halogens is 1. The van der Waals surface area contributed by atoms with E-state index < -0.39 is 0 Å². The molecule has 3 heterocycles. The van der Waals surface area contributed by atoms with Crippen LogP contribution < -0.4 is 0 Å². The van der Waals surface area contributed by atoms with E-state index in [9.17, 15) is 9.90 Å². The fourth-order valence-electron chi connectivity index (χ4n) is 3.39. The first kappa shape index (κ1) is 17.5. The molecule has 2 saturated heterocycles. The summed E-state index contributed by atoms with van der Waals surface area (Å²) in [6.07, 6.45) is 1.46. The number of aliphatic hydroxyl groups excluding tert-OH is 1. The summed E-state index contributed by atoms with van der Waals surface area (Å²) >= 11 is 6.09. The lowest BCUT2D eigenvalue weighted by Gasteiger charge is -2.30. The van der Waals surface area contributed by atoms with Crippen LogP contribution >= 0.6 is 11.6 Å². The van der Waals surface area contributed by atoms with E-state index in [1.165, 1.54) is 6.20 Å². The highest BCUT2D eigenvalue weighted by molar-refractivity contribution is 6.33. The minimum atomic E-state index is -0.187. The third-order valence-corrected chi connectivity index (χ3v) is 5.04. The molecule has 1 N–H and O–H groups in total. The third kappa shape index (κ3) is 3.85. The first-order valence-corrected chi connectivity index (χ1v) is 8.65. The van der Waals surface area contributed by atoms with Crippen molar-refractivity contribution in [2.45, 2.75) is 6.92 Å². The number of aromatic nitrogens is 2. The molecule has 1 amide bonds. The van der Waals surface area contributed by atoms with E-state index in [4.69, 9.17) is 16.3 Å². The summed E-state index contributed by atoms with van der Waals surface area (Å²) in [6, 6.07) is 0. The number of carbonyl (C=O) groups excluding carboxylic acids is 1. The van der Waals surface area contributed by atoms with Gasteiger partial charge < -0.3 is 14.7 Å². The summed E-state index contributed by atoms with van der Waals surface area (Å²) in [5.74, 6) is 0.663. The van der Waals surface area contributed by atoms with Gasteiger partial charge in [0.2, 0.25) is 0 Å². The highest BCUT2D eigenvalue weighted by atomic mass is 35.5. The Labute approximate surface area is 146 Å². The van der Waals surface area contributed by atoms with Gasteiger partial charge in [-0.3, -0.25) is 9.69 Å². The van der Waals surface area contributed by atoms with E-state index in [2.05, 4.69) is 14.9 Å². The molecule has 0 radical (unpaired) electrons.